The Morgan fingerprint density at radius 2 is 1.75 bits per heavy atom. The predicted molar refractivity (Wildman–Crippen MR) is 13.0 cm³/mol. The molecule has 0 aliphatic carbocycles. The maximum absolute atomic E-state index is 5.86. The van der Waals surface area contributed by atoms with Crippen molar-refractivity contribution in [3.8, 4) is 0 Å². The fourth-order valence-corrected chi connectivity index (χ4v) is 0. The van der Waals surface area contributed by atoms with E-state index in [1.54, 1.807) is 0 Å². The molecule has 0 aromatic rings. The molecule has 0 bridgehead atoms. The summed E-state index contributed by atoms with van der Waals surface area (Å²) in [6.45, 7) is 0. The van der Waals surface area contributed by atoms with Crippen molar-refractivity contribution in [1.82, 2.24) is 0 Å². The summed E-state index contributed by atoms with van der Waals surface area (Å²) in [6, 6.07) is 0. The monoisotopic (exact) mass is 177 g/mol. The maximum Gasteiger partial charge on any atom is 1.00 e. The summed E-state index contributed by atoms with van der Waals surface area (Å²) in [4.78, 5) is 0. The smallest absolute Gasteiger partial charge is 0.390 e. The fraction of sp³-hybridized carbons (Fsp3) is 0. The zero-order valence-corrected chi connectivity index (χ0v) is 8.93. The van der Waals surface area contributed by atoms with Crippen LogP contribution in [-0.2, 0) is 0 Å². The first kappa shape index (κ1) is 9.10. The molecule has 0 aromatic carbocycles. The second-order valence-corrected chi connectivity index (χ2v) is 0.167. The van der Waals surface area contributed by atoms with Crippen LogP contribution in [0, 0.1) is 5.41 Å². The van der Waals surface area contributed by atoms with Crippen LogP contribution in [0.4, 0.5) is 0 Å². The van der Waals surface area contributed by atoms with Gasteiger partial charge in [0.15, 0.2) is 0 Å². The van der Waals surface area contributed by atoms with E-state index < -0.39 is 0 Å². The number of nitrogens with one attached hydrogen (secondary N) is 1. The molecule has 4 heavy (non-hydrogen) atoms. The summed E-state index contributed by atoms with van der Waals surface area (Å²) in [5, 5.41) is 5.86. The second kappa shape index (κ2) is 8.82. The van der Waals surface area contributed by atoms with Crippen molar-refractivity contribution >= 4 is 6.34 Å². The van der Waals surface area contributed by atoms with Crippen molar-refractivity contribution in [3.05, 3.63) is 0 Å². The van der Waals surface area contributed by atoms with Gasteiger partial charge in [-0.05, 0) is 0 Å². The van der Waals surface area contributed by atoms with Gasteiger partial charge in [0, 0.05) is 0 Å². The van der Waals surface area contributed by atoms with E-state index in [1.807, 2.05) is 0 Å². The maximum atomic E-state index is 5.86. The van der Waals surface area contributed by atoms with Crippen molar-refractivity contribution < 1.29 is 68.9 Å². The molecule has 0 heterocycles. The zero-order valence-electron chi connectivity index (χ0n) is 2.65. The van der Waals surface area contributed by atoms with E-state index in [0.29, 0.717) is 0 Å². The number of hydrogen-bond donors (Lipinski definition) is 2. The molecular formula is CH4CsN2+. The Labute approximate surface area is 84.1 Å². The summed E-state index contributed by atoms with van der Waals surface area (Å²) in [5.74, 6) is 0. The van der Waals surface area contributed by atoms with Crippen LogP contribution in [0.1, 0.15) is 0 Å². The Hall–Kier alpha value is 1.52. The Kier molecular flexibility index (Phi) is 20.1. The van der Waals surface area contributed by atoms with Gasteiger partial charge in [0.1, 0.15) is 0 Å². The minimum absolute atomic E-state index is 0. The molecule has 0 rings (SSSR count). The molecule has 18 valence electrons. The van der Waals surface area contributed by atoms with Gasteiger partial charge in [-0.3, -0.25) is 5.41 Å². The van der Waals surface area contributed by atoms with Gasteiger partial charge in [0.25, 0.3) is 0 Å². The minimum Gasteiger partial charge on any atom is -0.390 e. The molecule has 0 saturated carbocycles. The second-order valence-electron chi connectivity index (χ2n) is 0.167. The van der Waals surface area contributed by atoms with Crippen LogP contribution < -0.4 is 74.6 Å². The summed E-state index contributed by atoms with van der Waals surface area (Å²) in [7, 11) is 0. The van der Waals surface area contributed by atoms with Crippen molar-refractivity contribution in [1.29, 1.82) is 5.41 Å². The van der Waals surface area contributed by atoms with Gasteiger partial charge in [0.2, 0.25) is 0 Å². The van der Waals surface area contributed by atoms with Gasteiger partial charge < -0.3 is 5.73 Å². The van der Waals surface area contributed by atoms with Crippen LogP contribution >= 0.6 is 0 Å². The topological polar surface area (TPSA) is 49.9 Å². The summed E-state index contributed by atoms with van der Waals surface area (Å²) in [5.41, 5.74) is 4.39. The Balaban J connectivity index is 0. The number of rotatable bonds is 0. The molecule has 0 saturated heterocycles. The first-order valence-electron chi connectivity index (χ1n) is 0.622. The fourth-order valence-electron chi connectivity index (χ4n) is 0. The van der Waals surface area contributed by atoms with E-state index in [2.05, 4.69) is 5.73 Å². The van der Waals surface area contributed by atoms with Crippen molar-refractivity contribution in [2.45, 2.75) is 0 Å². The predicted octanol–water partition coefficient (Wildman–Crippen LogP) is -3.44. The van der Waals surface area contributed by atoms with E-state index >= 15 is 0 Å². The minimum atomic E-state index is 0. The standard InChI is InChI=1S/CH4N2.Cs/c2-1-3;/h1H,(H3,2,3);/q;+1. The van der Waals surface area contributed by atoms with Gasteiger partial charge in [-0.2, -0.15) is 0 Å². The van der Waals surface area contributed by atoms with E-state index in [4.69, 9.17) is 5.41 Å². The van der Waals surface area contributed by atoms with E-state index in [-0.39, 0.29) is 68.9 Å². The molecular weight excluding hydrogens is 173 g/mol. The Morgan fingerprint density at radius 3 is 1.75 bits per heavy atom. The van der Waals surface area contributed by atoms with Gasteiger partial charge in [-0.1, -0.05) is 0 Å². The first-order valence-corrected chi connectivity index (χ1v) is 0.622. The van der Waals surface area contributed by atoms with Gasteiger partial charge in [0.05, 0.1) is 6.34 Å². The number of nitrogens with two attached hydrogens (primary N) is 1. The molecule has 0 aromatic heterocycles. The molecule has 3 N–H and O–H groups in total. The third-order valence-electron chi connectivity index (χ3n) is 0. The molecule has 0 aliphatic rings. The average Bonchev–Trinajstić information content (AvgIpc) is 0.918. The van der Waals surface area contributed by atoms with Crippen molar-refractivity contribution in [2.24, 2.45) is 5.73 Å². The van der Waals surface area contributed by atoms with Crippen LogP contribution in [0.15, 0.2) is 0 Å². The zero-order chi connectivity index (χ0) is 2.71. The van der Waals surface area contributed by atoms with Crippen molar-refractivity contribution in [3.63, 3.8) is 0 Å². The molecule has 0 radical (unpaired) electrons. The van der Waals surface area contributed by atoms with Gasteiger partial charge in [-0.15, -0.1) is 0 Å². The molecule has 0 amide bonds. The third-order valence-corrected chi connectivity index (χ3v) is 0. The summed E-state index contributed by atoms with van der Waals surface area (Å²) in [6.07, 6.45) is 0.750. The van der Waals surface area contributed by atoms with Crippen LogP contribution in [-0.4, -0.2) is 6.34 Å². The Morgan fingerprint density at radius 1 is 1.75 bits per heavy atom. The quantitative estimate of drug-likeness (QED) is 0.293. The summed E-state index contributed by atoms with van der Waals surface area (Å²) >= 11 is 0. The molecule has 2 nitrogen and oxygen atoms in total. The third kappa shape index (κ3) is 9.67. The molecule has 3 heteroatoms. The van der Waals surface area contributed by atoms with E-state index in [1.165, 1.54) is 0 Å². The van der Waals surface area contributed by atoms with Gasteiger partial charge in [-0.25, -0.2) is 0 Å². The van der Waals surface area contributed by atoms with Crippen LogP contribution in [0.5, 0.6) is 0 Å². The van der Waals surface area contributed by atoms with Gasteiger partial charge >= 0.3 is 68.9 Å². The molecule has 0 atom stereocenters. The SMILES string of the molecule is N=CN.[Cs+]. The van der Waals surface area contributed by atoms with E-state index in [9.17, 15) is 0 Å². The normalized spacial score (nSPS) is 3.00. The summed E-state index contributed by atoms with van der Waals surface area (Å²) < 4.78 is 0. The molecule has 0 unspecified atom stereocenters. The molecule has 0 fully saturated rings. The molecule has 0 aliphatic heterocycles. The van der Waals surface area contributed by atoms with Crippen LogP contribution in [0.2, 0.25) is 0 Å². The Bertz CT molecular complexity index is 13.5. The van der Waals surface area contributed by atoms with Crippen molar-refractivity contribution in [2.75, 3.05) is 0 Å². The first-order chi connectivity index (χ1) is 1.41. The van der Waals surface area contributed by atoms with Crippen LogP contribution in [0.25, 0.3) is 0 Å². The van der Waals surface area contributed by atoms with Crippen LogP contribution in [0.3, 0.4) is 0 Å². The average molecular weight is 177 g/mol. The largest absolute Gasteiger partial charge is 1.00 e. The molecule has 0 spiro atoms. The van der Waals surface area contributed by atoms with E-state index in [0.717, 1.165) is 6.34 Å². The number of hydrogen-bond acceptors (Lipinski definition) is 1.